The van der Waals surface area contributed by atoms with Crippen LogP contribution in [0.3, 0.4) is 0 Å². The van der Waals surface area contributed by atoms with Gasteiger partial charge in [0.25, 0.3) is 0 Å². The van der Waals surface area contributed by atoms with Crippen LogP contribution in [0.5, 0.6) is 0 Å². The normalized spacial score (nSPS) is 14.0. The predicted octanol–water partition coefficient (Wildman–Crippen LogP) is 4.13. The van der Waals surface area contributed by atoms with E-state index in [9.17, 15) is 13.2 Å². The second-order valence-electron chi connectivity index (χ2n) is 3.33. The first-order chi connectivity index (χ1) is 7.79. The van der Waals surface area contributed by atoms with Gasteiger partial charge in [0.1, 0.15) is 6.61 Å². The second kappa shape index (κ2) is 6.38. The Morgan fingerprint density at radius 2 is 2.18 bits per heavy atom. The van der Waals surface area contributed by atoms with Crippen molar-refractivity contribution in [2.24, 2.45) is 5.73 Å². The molecule has 1 heterocycles. The molecule has 0 fully saturated rings. The fourth-order valence-corrected chi connectivity index (χ4v) is 2.87. The Morgan fingerprint density at radius 3 is 2.65 bits per heavy atom. The zero-order chi connectivity index (χ0) is 13.1. The van der Waals surface area contributed by atoms with E-state index in [-0.39, 0.29) is 12.6 Å². The summed E-state index contributed by atoms with van der Waals surface area (Å²) >= 11 is 10.4. The van der Waals surface area contributed by atoms with Crippen LogP contribution in [0.1, 0.15) is 17.3 Å². The highest BCUT2D eigenvalue weighted by atomic mass is 79.9. The van der Waals surface area contributed by atoms with Crippen LogP contribution in [-0.2, 0) is 4.74 Å². The summed E-state index contributed by atoms with van der Waals surface area (Å²) in [6.07, 6.45) is -3.97. The van der Waals surface area contributed by atoms with Gasteiger partial charge in [0.05, 0.1) is 8.81 Å². The smallest absolute Gasteiger partial charge is 0.372 e. The van der Waals surface area contributed by atoms with E-state index in [2.05, 4.69) is 20.7 Å². The number of hydrogen-bond acceptors (Lipinski definition) is 3. The Balaban J connectivity index is 2.33. The Morgan fingerprint density at radius 1 is 1.53 bits per heavy atom. The molecular weight excluding hydrogens is 343 g/mol. The van der Waals surface area contributed by atoms with Crippen LogP contribution in [-0.4, -0.2) is 19.4 Å². The molecule has 2 nitrogen and oxygen atoms in total. The van der Waals surface area contributed by atoms with Gasteiger partial charge >= 0.3 is 6.18 Å². The van der Waals surface area contributed by atoms with Gasteiger partial charge < -0.3 is 10.5 Å². The summed E-state index contributed by atoms with van der Waals surface area (Å²) in [7, 11) is 0. The van der Waals surface area contributed by atoms with Gasteiger partial charge in [0, 0.05) is 17.5 Å². The van der Waals surface area contributed by atoms with Crippen molar-refractivity contribution >= 4 is 38.9 Å². The first-order valence-corrected chi connectivity index (χ1v) is 6.63. The number of hydrogen-bond donors (Lipinski definition) is 1. The predicted molar refractivity (Wildman–Crippen MR) is 65.4 cm³/mol. The van der Waals surface area contributed by atoms with Gasteiger partial charge in [-0.05, 0) is 28.4 Å². The molecule has 1 rings (SSSR count). The third kappa shape index (κ3) is 5.56. The molecule has 98 valence electrons. The summed E-state index contributed by atoms with van der Waals surface area (Å²) in [6, 6.07) is 1.34. The fraction of sp³-hybridized carbons (Fsp3) is 0.556. The van der Waals surface area contributed by atoms with Crippen molar-refractivity contribution in [3.8, 4) is 0 Å². The van der Waals surface area contributed by atoms with Crippen LogP contribution < -0.4 is 5.73 Å². The number of thiophene rings is 1. The summed E-state index contributed by atoms with van der Waals surface area (Å²) in [6.45, 7) is -1.28. The zero-order valence-electron chi connectivity index (χ0n) is 8.56. The van der Waals surface area contributed by atoms with Crippen molar-refractivity contribution in [3.63, 3.8) is 0 Å². The van der Waals surface area contributed by atoms with Crippen molar-refractivity contribution in [1.29, 1.82) is 0 Å². The number of ether oxygens (including phenoxy) is 1. The first kappa shape index (κ1) is 15.2. The van der Waals surface area contributed by atoms with Crippen molar-refractivity contribution in [2.45, 2.75) is 18.6 Å². The molecule has 17 heavy (non-hydrogen) atoms. The lowest BCUT2D eigenvalue weighted by molar-refractivity contribution is -0.174. The lowest BCUT2D eigenvalue weighted by Gasteiger charge is -2.11. The van der Waals surface area contributed by atoms with E-state index < -0.39 is 12.8 Å². The minimum Gasteiger partial charge on any atom is -0.372 e. The van der Waals surface area contributed by atoms with Gasteiger partial charge in [-0.1, -0.05) is 11.6 Å². The van der Waals surface area contributed by atoms with Crippen molar-refractivity contribution in [3.05, 3.63) is 19.8 Å². The van der Waals surface area contributed by atoms with Gasteiger partial charge in [-0.3, -0.25) is 0 Å². The molecule has 0 amide bonds. The molecule has 8 heteroatoms. The molecule has 0 bridgehead atoms. The third-order valence-corrected chi connectivity index (χ3v) is 4.48. The van der Waals surface area contributed by atoms with Crippen molar-refractivity contribution in [1.82, 2.24) is 0 Å². The molecule has 0 saturated heterocycles. The Labute approximate surface area is 114 Å². The van der Waals surface area contributed by atoms with E-state index in [1.807, 2.05) is 0 Å². The third-order valence-electron chi connectivity index (χ3n) is 1.87. The molecule has 0 aliphatic rings. The van der Waals surface area contributed by atoms with Crippen LogP contribution in [0.2, 0.25) is 5.02 Å². The quantitative estimate of drug-likeness (QED) is 0.809. The average Bonchev–Trinajstić information content (AvgIpc) is 2.52. The van der Waals surface area contributed by atoms with E-state index in [1.165, 1.54) is 11.3 Å². The summed E-state index contributed by atoms with van der Waals surface area (Å²) in [4.78, 5) is 0.817. The maximum atomic E-state index is 11.8. The van der Waals surface area contributed by atoms with Gasteiger partial charge in [-0.15, -0.1) is 11.3 Å². The van der Waals surface area contributed by atoms with Gasteiger partial charge in [0.15, 0.2) is 0 Å². The number of rotatable bonds is 5. The van der Waals surface area contributed by atoms with Crippen LogP contribution in [0.25, 0.3) is 0 Å². The fourth-order valence-electron chi connectivity index (χ4n) is 1.09. The van der Waals surface area contributed by atoms with E-state index in [0.29, 0.717) is 11.4 Å². The first-order valence-electron chi connectivity index (χ1n) is 4.64. The van der Waals surface area contributed by atoms with Crippen molar-refractivity contribution < 1.29 is 17.9 Å². The molecule has 0 aliphatic heterocycles. The highest BCUT2D eigenvalue weighted by molar-refractivity contribution is 9.11. The Bertz CT molecular complexity index is 352. The summed E-state index contributed by atoms with van der Waals surface area (Å²) < 4.78 is 40.6. The van der Waals surface area contributed by atoms with Crippen LogP contribution >= 0.6 is 38.9 Å². The van der Waals surface area contributed by atoms with Gasteiger partial charge in [-0.25, -0.2) is 0 Å². The number of nitrogens with two attached hydrogens (primary N) is 1. The number of alkyl halides is 3. The van der Waals surface area contributed by atoms with Crippen LogP contribution in [0.15, 0.2) is 9.85 Å². The zero-order valence-corrected chi connectivity index (χ0v) is 11.7. The Hall–Kier alpha value is 0.180. The lowest BCUT2D eigenvalue weighted by Crippen LogP contribution is -2.19. The molecule has 0 aromatic carbocycles. The highest BCUT2D eigenvalue weighted by Crippen LogP contribution is 2.35. The maximum absolute atomic E-state index is 11.8. The largest absolute Gasteiger partial charge is 0.411 e. The van der Waals surface area contributed by atoms with Crippen LogP contribution in [0.4, 0.5) is 13.2 Å². The molecule has 0 aliphatic carbocycles. The lowest BCUT2D eigenvalue weighted by atomic mass is 10.2. The van der Waals surface area contributed by atoms with Gasteiger partial charge in [0.2, 0.25) is 0 Å². The molecular formula is C9H10BrClF3NOS. The van der Waals surface area contributed by atoms with Gasteiger partial charge in [-0.2, -0.15) is 13.2 Å². The topological polar surface area (TPSA) is 35.2 Å². The molecule has 0 saturated carbocycles. The molecule has 0 radical (unpaired) electrons. The summed E-state index contributed by atoms with van der Waals surface area (Å²) in [5.74, 6) is 0. The minimum absolute atomic E-state index is 0.0339. The molecule has 1 unspecified atom stereocenters. The monoisotopic (exact) mass is 351 g/mol. The summed E-state index contributed by atoms with van der Waals surface area (Å²) in [5, 5.41) is 0.552. The minimum atomic E-state index is -4.29. The molecule has 1 aromatic rings. The highest BCUT2D eigenvalue weighted by Gasteiger charge is 2.27. The maximum Gasteiger partial charge on any atom is 0.411 e. The van der Waals surface area contributed by atoms with Crippen molar-refractivity contribution in [2.75, 3.05) is 13.2 Å². The SMILES string of the molecule is NC(CCOCC(F)(F)F)c1cc(Cl)c(Br)s1. The molecule has 1 atom stereocenters. The molecule has 1 aromatic heterocycles. The number of halogens is 5. The average molecular weight is 353 g/mol. The molecule has 2 N–H and O–H groups in total. The standard InChI is InChI=1S/C9H10BrClF3NOS/c10-8-5(11)3-7(17-8)6(15)1-2-16-4-9(12,13)14/h3,6H,1-2,4,15H2. The Kier molecular flexibility index (Phi) is 5.72. The summed E-state index contributed by atoms with van der Waals surface area (Å²) in [5.41, 5.74) is 5.80. The second-order valence-corrected chi connectivity index (χ2v) is 6.14. The van der Waals surface area contributed by atoms with E-state index >= 15 is 0 Å². The van der Waals surface area contributed by atoms with E-state index in [0.717, 1.165) is 8.66 Å². The van der Waals surface area contributed by atoms with Crippen LogP contribution in [0, 0.1) is 0 Å². The van der Waals surface area contributed by atoms with E-state index in [4.69, 9.17) is 17.3 Å². The van der Waals surface area contributed by atoms with E-state index in [1.54, 1.807) is 6.07 Å². The molecule has 0 spiro atoms.